The second-order valence-electron chi connectivity index (χ2n) is 4.29. The van der Waals surface area contributed by atoms with E-state index in [-0.39, 0.29) is 22.4 Å². The van der Waals surface area contributed by atoms with Crippen LogP contribution in [0.2, 0.25) is 5.02 Å². The maximum atomic E-state index is 11.9. The van der Waals surface area contributed by atoms with Gasteiger partial charge in [-0.15, -0.1) is 11.8 Å². The van der Waals surface area contributed by atoms with Gasteiger partial charge in [0.1, 0.15) is 0 Å². The lowest BCUT2D eigenvalue weighted by Crippen LogP contribution is -2.13. The van der Waals surface area contributed by atoms with Gasteiger partial charge >= 0.3 is 0 Å². The Labute approximate surface area is 135 Å². The van der Waals surface area contributed by atoms with Gasteiger partial charge in [-0.2, -0.15) is 5.10 Å². The van der Waals surface area contributed by atoms with Crippen LogP contribution in [0, 0.1) is 10.1 Å². The van der Waals surface area contributed by atoms with Crippen LogP contribution in [-0.4, -0.2) is 26.4 Å². The van der Waals surface area contributed by atoms with E-state index in [0.717, 1.165) is 11.8 Å². The van der Waals surface area contributed by atoms with Crippen LogP contribution in [0.25, 0.3) is 0 Å². The summed E-state index contributed by atoms with van der Waals surface area (Å²) in [5, 5.41) is 18.0. The molecule has 7 nitrogen and oxygen atoms in total. The number of nitrogens with one attached hydrogen (secondary N) is 1. The lowest BCUT2D eigenvalue weighted by Gasteiger charge is -2.04. The molecule has 0 unspecified atom stereocenters. The number of nitrogens with zero attached hydrogens (tertiary/aromatic N) is 3. The molecule has 0 radical (unpaired) electrons. The minimum Gasteiger partial charge on any atom is -0.323 e. The summed E-state index contributed by atoms with van der Waals surface area (Å²) in [5.74, 6) is -0.204. The number of anilines is 1. The van der Waals surface area contributed by atoms with Crippen LogP contribution in [0.1, 0.15) is 6.92 Å². The molecule has 0 aliphatic heterocycles. The molecule has 1 heterocycles. The standard InChI is InChI=1S/C13H13ClN4O3S/c1-2-17-7-10(6-15-17)16-13(19)8-22-12-4-3-9(14)5-11(12)18(20)21/h3-7H,2,8H2,1H3,(H,16,19). The van der Waals surface area contributed by atoms with Crippen molar-refractivity contribution < 1.29 is 9.72 Å². The van der Waals surface area contributed by atoms with E-state index < -0.39 is 4.92 Å². The summed E-state index contributed by atoms with van der Waals surface area (Å²) in [7, 11) is 0. The third kappa shape index (κ3) is 4.22. The first-order chi connectivity index (χ1) is 10.5. The molecule has 22 heavy (non-hydrogen) atoms. The van der Waals surface area contributed by atoms with Crippen molar-refractivity contribution in [1.82, 2.24) is 9.78 Å². The van der Waals surface area contributed by atoms with E-state index >= 15 is 0 Å². The van der Waals surface area contributed by atoms with Gasteiger partial charge < -0.3 is 5.32 Å². The average molecular weight is 341 g/mol. The smallest absolute Gasteiger partial charge is 0.284 e. The van der Waals surface area contributed by atoms with Gasteiger partial charge in [0.15, 0.2) is 0 Å². The van der Waals surface area contributed by atoms with Gasteiger partial charge in [0.05, 0.1) is 27.5 Å². The second kappa shape index (κ2) is 7.28. The monoisotopic (exact) mass is 340 g/mol. The topological polar surface area (TPSA) is 90.1 Å². The van der Waals surface area contributed by atoms with Crippen molar-refractivity contribution in [2.24, 2.45) is 0 Å². The molecule has 1 amide bonds. The third-order valence-electron chi connectivity index (χ3n) is 2.72. The molecule has 0 aliphatic carbocycles. The lowest BCUT2D eigenvalue weighted by molar-refractivity contribution is -0.387. The van der Waals surface area contributed by atoms with Crippen molar-refractivity contribution in [1.29, 1.82) is 0 Å². The number of hydrogen-bond donors (Lipinski definition) is 1. The fourth-order valence-corrected chi connectivity index (χ4v) is 2.67. The zero-order chi connectivity index (χ0) is 16.1. The molecular weight excluding hydrogens is 328 g/mol. The minimum absolute atomic E-state index is 0.0553. The van der Waals surface area contributed by atoms with Gasteiger partial charge in [0.2, 0.25) is 5.91 Å². The van der Waals surface area contributed by atoms with Crippen LogP contribution in [0.4, 0.5) is 11.4 Å². The van der Waals surface area contributed by atoms with Crippen LogP contribution >= 0.6 is 23.4 Å². The summed E-state index contributed by atoms with van der Waals surface area (Å²) in [4.78, 5) is 22.7. The Morgan fingerprint density at radius 2 is 2.32 bits per heavy atom. The van der Waals surface area contributed by atoms with Crippen LogP contribution in [0.15, 0.2) is 35.5 Å². The molecule has 0 aliphatic rings. The highest BCUT2D eigenvalue weighted by Gasteiger charge is 2.16. The summed E-state index contributed by atoms with van der Waals surface area (Å²) < 4.78 is 1.69. The van der Waals surface area contributed by atoms with E-state index in [1.54, 1.807) is 23.1 Å². The van der Waals surface area contributed by atoms with E-state index in [4.69, 9.17) is 11.6 Å². The normalized spacial score (nSPS) is 10.5. The highest BCUT2D eigenvalue weighted by molar-refractivity contribution is 8.00. The van der Waals surface area contributed by atoms with Gasteiger partial charge in [-0.05, 0) is 19.1 Å². The number of rotatable bonds is 6. The van der Waals surface area contributed by atoms with Crippen LogP contribution in [0.5, 0.6) is 0 Å². The Morgan fingerprint density at radius 3 is 2.95 bits per heavy atom. The lowest BCUT2D eigenvalue weighted by atomic mass is 10.3. The molecule has 0 spiro atoms. The highest BCUT2D eigenvalue weighted by atomic mass is 35.5. The number of aromatic nitrogens is 2. The Balaban J connectivity index is 1.97. The fraction of sp³-hybridized carbons (Fsp3) is 0.231. The Kier molecular flexibility index (Phi) is 5.40. The number of nitro benzene ring substituents is 1. The number of thioether (sulfide) groups is 1. The van der Waals surface area contributed by atoms with Crippen molar-refractivity contribution in [2.75, 3.05) is 11.1 Å². The fourth-order valence-electron chi connectivity index (χ4n) is 1.70. The van der Waals surface area contributed by atoms with Gasteiger partial charge in [0, 0.05) is 23.8 Å². The number of carbonyl (C=O) groups is 1. The molecule has 0 bridgehead atoms. The maximum Gasteiger partial charge on any atom is 0.284 e. The molecular formula is C13H13ClN4O3S. The molecule has 2 rings (SSSR count). The molecule has 1 N–H and O–H groups in total. The van der Waals surface area contributed by atoms with Crippen molar-refractivity contribution >= 4 is 40.6 Å². The van der Waals surface area contributed by atoms with Gasteiger partial charge in [-0.25, -0.2) is 0 Å². The molecule has 1 aromatic heterocycles. The molecule has 9 heteroatoms. The summed E-state index contributed by atoms with van der Waals surface area (Å²) in [5.41, 5.74) is 0.488. The summed E-state index contributed by atoms with van der Waals surface area (Å²) in [6.45, 7) is 2.65. The zero-order valence-electron chi connectivity index (χ0n) is 11.7. The number of hydrogen-bond acceptors (Lipinski definition) is 5. The van der Waals surface area contributed by atoms with Crippen molar-refractivity contribution in [2.45, 2.75) is 18.4 Å². The molecule has 0 saturated carbocycles. The summed E-state index contributed by atoms with van der Waals surface area (Å²) >= 11 is 6.83. The predicted molar refractivity (Wildman–Crippen MR) is 85.4 cm³/mol. The first-order valence-corrected chi connectivity index (χ1v) is 7.75. The van der Waals surface area contributed by atoms with E-state index in [0.29, 0.717) is 17.1 Å². The molecule has 2 aromatic rings. The van der Waals surface area contributed by atoms with Gasteiger partial charge in [0.25, 0.3) is 5.69 Å². The number of amides is 1. The molecule has 0 saturated heterocycles. The molecule has 0 atom stereocenters. The van der Waals surface area contributed by atoms with Crippen molar-refractivity contribution in [3.63, 3.8) is 0 Å². The predicted octanol–water partition coefficient (Wildman–Crippen LogP) is 3.20. The number of carbonyl (C=O) groups excluding carboxylic acids is 1. The largest absolute Gasteiger partial charge is 0.323 e. The van der Waals surface area contributed by atoms with E-state index in [9.17, 15) is 14.9 Å². The SMILES string of the molecule is CCn1cc(NC(=O)CSc2ccc(Cl)cc2[N+](=O)[O-])cn1. The second-order valence-corrected chi connectivity index (χ2v) is 5.74. The Bertz CT molecular complexity index is 704. The average Bonchev–Trinajstić information content (AvgIpc) is 2.93. The summed E-state index contributed by atoms with van der Waals surface area (Å²) in [6.07, 6.45) is 3.27. The van der Waals surface area contributed by atoms with Crippen molar-refractivity contribution in [3.8, 4) is 0 Å². The minimum atomic E-state index is -0.516. The first kappa shape index (κ1) is 16.3. The first-order valence-electron chi connectivity index (χ1n) is 6.38. The molecule has 0 fully saturated rings. The van der Waals surface area contributed by atoms with Gasteiger partial charge in [-0.3, -0.25) is 19.6 Å². The maximum absolute atomic E-state index is 11.9. The zero-order valence-corrected chi connectivity index (χ0v) is 13.2. The Morgan fingerprint density at radius 1 is 1.55 bits per heavy atom. The number of halogens is 1. The summed E-state index contributed by atoms with van der Waals surface area (Å²) in [6, 6.07) is 4.36. The van der Waals surface area contributed by atoms with E-state index in [1.807, 2.05) is 6.92 Å². The third-order valence-corrected chi connectivity index (χ3v) is 4.02. The van der Waals surface area contributed by atoms with Crippen LogP contribution < -0.4 is 5.32 Å². The van der Waals surface area contributed by atoms with Crippen molar-refractivity contribution in [3.05, 3.63) is 45.7 Å². The van der Waals surface area contributed by atoms with Crippen LogP contribution in [0.3, 0.4) is 0 Å². The van der Waals surface area contributed by atoms with E-state index in [2.05, 4.69) is 10.4 Å². The number of benzene rings is 1. The van der Waals surface area contributed by atoms with Crippen LogP contribution in [-0.2, 0) is 11.3 Å². The van der Waals surface area contributed by atoms with Gasteiger partial charge in [-0.1, -0.05) is 11.6 Å². The quantitative estimate of drug-likeness (QED) is 0.495. The molecule has 1 aromatic carbocycles. The highest BCUT2D eigenvalue weighted by Crippen LogP contribution is 2.31. The number of nitro groups is 1. The van der Waals surface area contributed by atoms with E-state index in [1.165, 1.54) is 12.1 Å². The Hall–Kier alpha value is -2.06. The number of aryl methyl sites for hydroxylation is 1. The molecule has 116 valence electrons.